The molecule has 1 aromatic heterocycles. The molecule has 0 radical (unpaired) electrons. The maximum absolute atomic E-state index is 5.04. The van der Waals surface area contributed by atoms with Gasteiger partial charge in [-0.2, -0.15) is 0 Å². The summed E-state index contributed by atoms with van der Waals surface area (Å²) in [5.41, 5.74) is 6.29. The van der Waals surface area contributed by atoms with Crippen molar-refractivity contribution in [3.05, 3.63) is 126 Å². The van der Waals surface area contributed by atoms with Gasteiger partial charge in [0.2, 0.25) is 0 Å². The smallest absolute Gasteiger partial charge is 0.164 e. The van der Waals surface area contributed by atoms with Crippen LogP contribution in [0.3, 0.4) is 0 Å². The van der Waals surface area contributed by atoms with Gasteiger partial charge in [-0.25, -0.2) is 15.0 Å². The van der Waals surface area contributed by atoms with Gasteiger partial charge in [-0.05, 0) is 117 Å². The summed E-state index contributed by atoms with van der Waals surface area (Å²) < 4.78 is 0. The van der Waals surface area contributed by atoms with Gasteiger partial charge in [0.25, 0.3) is 0 Å². The molecule has 0 amide bonds. The lowest BCUT2D eigenvalue weighted by Crippen LogP contribution is -2.25. The Hall–Kier alpha value is -4.89. The minimum atomic E-state index is 0.690. The molecule has 3 nitrogen and oxygen atoms in total. The minimum Gasteiger partial charge on any atom is -0.208 e. The average molecular weight is 580 g/mol. The second-order valence-corrected chi connectivity index (χ2v) is 13.7. The lowest BCUT2D eigenvalue weighted by Gasteiger charge is -2.38. The van der Waals surface area contributed by atoms with E-state index in [1.54, 1.807) is 11.1 Å². The zero-order valence-electron chi connectivity index (χ0n) is 25.2. The number of aromatic nitrogens is 3. The zero-order valence-corrected chi connectivity index (χ0v) is 25.2. The van der Waals surface area contributed by atoms with Crippen LogP contribution in [-0.2, 0) is 0 Å². The first-order chi connectivity index (χ1) is 22.2. The van der Waals surface area contributed by atoms with Gasteiger partial charge in [0.1, 0.15) is 0 Å². The molecule has 7 aromatic rings. The van der Waals surface area contributed by atoms with Gasteiger partial charge in [0.15, 0.2) is 17.5 Å². The topological polar surface area (TPSA) is 38.7 Å². The van der Waals surface area contributed by atoms with Gasteiger partial charge in [-0.15, -0.1) is 0 Å². The van der Waals surface area contributed by atoms with Crippen LogP contribution in [0.25, 0.3) is 66.5 Å². The Morgan fingerprint density at radius 1 is 0.356 bits per heavy atom. The molecule has 45 heavy (non-hydrogen) atoms. The van der Waals surface area contributed by atoms with Gasteiger partial charge in [0.05, 0.1) is 0 Å². The highest BCUT2D eigenvalue weighted by molar-refractivity contribution is 6.26. The van der Waals surface area contributed by atoms with Crippen LogP contribution >= 0.6 is 0 Å². The number of rotatable bonds is 3. The summed E-state index contributed by atoms with van der Waals surface area (Å²) in [6.45, 7) is 0. The van der Waals surface area contributed by atoms with Crippen molar-refractivity contribution < 1.29 is 0 Å². The van der Waals surface area contributed by atoms with E-state index in [0.29, 0.717) is 17.5 Å². The molecule has 2 fully saturated rings. The maximum Gasteiger partial charge on any atom is 0.164 e. The number of hydrogen-bond donors (Lipinski definition) is 0. The van der Waals surface area contributed by atoms with E-state index >= 15 is 0 Å². The summed E-state index contributed by atoms with van der Waals surface area (Å²) in [6.07, 6.45) is 7.01. The van der Waals surface area contributed by atoms with Crippen LogP contribution in [0.15, 0.2) is 115 Å². The van der Waals surface area contributed by atoms with Gasteiger partial charge >= 0.3 is 0 Å². The lowest BCUT2D eigenvalue weighted by molar-refractivity contribution is 0.166. The fraction of sp³-hybridized carbons (Fsp3) is 0.214. The molecule has 2 atom stereocenters. The molecular weight excluding hydrogens is 546 g/mol. The molecule has 4 aliphatic carbocycles. The predicted octanol–water partition coefficient (Wildman–Crippen LogP) is 10.7. The Morgan fingerprint density at radius 3 is 1.29 bits per heavy atom. The van der Waals surface area contributed by atoms with Crippen LogP contribution in [0, 0.1) is 11.8 Å². The van der Waals surface area contributed by atoms with Crippen molar-refractivity contribution in [1.29, 1.82) is 0 Å². The third-order valence-corrected chi connectivity index (χ3v) is 11.0. The molecule has 4 bridgehead atoms. The van der Waals surface area contributed by atoms with E-state index in [9.17, 15) is 0 Å². The molecule has 0 saturated heterocycles. The Kier molecular flexibility index (Phi) is 5.54. The maximum atomic E-state index is 5.04. The molecular formula is C42H33N3. The van der Waals surface area contributed by atoms with Gasteiger partial charge in [-0.1, -0.05) is 97.1 Å². The lowest BCUT2D eigenvalue weighted by atomic mass is 9.67. The van der Waals surface area contributed by atoms with Crippen molar-refractivity contribution in [2.24, 2.45) is 11.8 Å². The Labute approximate surface area is 263 Å². The highest BCUT2D eigenvalue weighted by Gasteiger charge is 2.42. The third-order valence-electron chi connectivity index (χ3n) is 11.0. The molecule has 4 aliphatic rings. The van der Waals surface area contributed by atoms with Crippen LogP contribution in [0.5, 0.6) is 0 Å². The normalized spacial score (nSPS) is 21.8. The summed E-state index contributed by atoms with van der Waals surface area (Å²) in [7, 11) is 0. The van der Waals surface area contributed by atoms with Gasteiger partial charge < -0.3 is 0 Å². The first kappa shape index (κ1) is 25.4. The van der Waals surface area contributed by atoms with E-state index in [0.717, 1.165) is 40.4 Å². The standard InChI is InChI=1S/C42H33N3/c1-3-9-27(10-4-1)40-43-41(28-11-5-2-6-12-28)45-42(44-40)29-15-16-34-37(22-29)32-13-7-8-14-33(32)38-23-35-30-18-25-17-26(19-30)21-31(20-25)36(35)24-39(34)38/h1-16,22-26,30-31H,17-21H2. The van der Waals surface area contributed by atoms with Crippen molar-refractivity contribution in [2.75, 3.05) is 0 Å². The summed E-state index contributed by atoms with van der Waals surface area (Å²) in [6, 6.07) is 41.5. The highest BCUT2D eigenvalue weighted by atomic mass is 15.0. The molecule has 11 rings (SSSR count). The van der Waals surface area contributed by atoms with E-state index < -0.39 is 0 Å². The van der Waals surface area contributed by atoms with Crippen molar-refractivity contribution in [3.8, 4) is 34.2 Å². The average Bonchev–Trinajstić information content (AvgIpc) is 3.27. The van der Waals surface area contributed by atoms with Crippen LogP contribution in [0.1, 0.15) is 55.1 Å². The first-order valence-electron chi connectivity index (χ1n) is 16.5. The van der Waals surface area contributed by atoms with E-state index in [-0.39, 0.29) is 0 Å². The molecule has 3 heteroatoms. The second kappa shape index (κ2) is 9.81. The molecule has 6 aromatic carbocycles. The summed E-state index contributed by atoms with van der Waals surface area (Å²) in [5.74, 6) is 5.37. The fourth-order valence-electron chi connectivity index (χ4n) is 9.18. The van der Waals surface area contributed by atoms with E-state index in [4.69, 9.17) is 15.0 Å². The monoisotopic (exact) mass is 579 g/mol. The minimum absolute atomic E-state index is 0.690. The summed E-state index contributed by atoms with van der Waals surface area (Å²) in [4.78, 5) is 15.0. The molecule has 2 saturated carbocycles. The third kappa shape index (κ3) is 4.06. The largest absolute Gasteiger partial charge is 0.208 e. The van der Waals surface area contributed by atoms with E-state index in [1.165, 1.54) is 64.4 Å². The van der Waals surface area contributed by atoms with Crippen LogP contribution < -0.4 is 0 Å². The number of hydrogen-bond acceptors (Lipinski definition) is 3. The van der Waals surface area contributed by atoms with E-state index in [1.807, 2.05) is 36.4 Å². The Balaban J connectivity index is 1.21. The van der Waals surface area contributed by atoms with Crippen LogP contribution in [0.4, 0.5) is 0 Å². The van der Waals surface area contributed by atoms with Crippen LogP contribution in [0.2, 0.25) is 0 Å². The summed E-state index contributed by atoms with van der Waals surface area (Å²) in [5, 5.41) is 8.01. The molecule has 216 valence electrons. The zero-order chi connectivity index (χ0) is 29.5. The molecule has 2 unspecified atom stereocenters. The molecule has 0 aliphatic heterocycles. The SMILES string of the molecule is c1ccc(-c2nc(-c3ccccc3)nc(-c3ccc4c(c3)c3ccccc3c3cc5c(cc43)C3CC4CC(CC5C4)C3)n2)cc1. The first-order valence-corrected chi connectivity index (χ1v) is 16.5. The van der Waals surface area contributed by atoms with Crippen molar-refractivity contribution in [3.63, 3.8) is 0 Å². The Bertz CT molecular complexity index is 2200. The van der Waals surface area contributed by atoms with Crippen molar-refractivity contribution in [1.82, 2.24) is 15.0 Å². The van der Waals surface area contributed by atoms with Gasteiger partial charge in [0, 0.05) is 16.7 Å². The van der Waals surface area contributed by atoms with Crippen LogP contribution in [-0.4, -0.2) is 15.0 Å². The quantitative estimate of drug-likeness (QED) is 0.195. The molecule has 0 N–H and O–H groups in total. The summed E-state index contributed by atoms with van der Waals surface area (Å²) >= 11 is 0. The second-order valence-electron chi connectivity index (χ2n) is 13.7. The van der Waals surface area contributed by atoms with Crippen molar-refractivity contribution >= 4 is 32.3 Å². The number of nitrogens with zero attached hydrogens (tertiary/aromatic N) is 3. The van der Waals surface area contributed by atoms with E-state index in [2.05, 4.69) is 78.9 Å². The number of fused-ring (bicyclic) bond motifs is 6. The molecule has 0 spiro atoms. The fourth-order valence-corrected chi connectivity index (χ4v) is 9.18. The van der Waals surface area contributed by atoms with Gasteiger partial charge in [-0.3, -0.25) is 0 Å². The number of benzene rings is 6. The molecule has 1 heterocycles. The Morgan fingerprint density at radius 2 is 0.778 bits per heavy atom. The highest BCUT2D eigenvalue weighted by Crippen LogP contribution is 2.57. The predicted molar refractivity (Wildman–Crippen MR) is 184 cm³/mol. The van der Waals surface area contributed by atoms with Crippen molar-refractivity contribution in [2.45, 2.75) is 43.9 Å².